The molecule has 130 valence electrons. The Morgan fingerprint density at radius 3 is 2.88 bits per heavy atom. The Morgan fingerprint density at radius 2 is 2.25 bits per heavy atom. The second-order valence-corrected chi connectivity index (χ2v) is 6.27. The van der Waals surface area contributed by atoms with E-state index >= 15 is 0 Å². The van der Waals surface area contributed by atoms with Crippen molar-refractivity contribution in [1.82, 2.24) is 10.2 Å². The third kappa shape index (κ3) is 3.19. The van der Waals surface area contributed by atoms with Crippen LogP contribution in [0, 0.1) is 6.92 Å². The van der Waals surface area contributed by atoms with Gasteiger partial charge in [0.1, 0.15) is 17.1 Å². The number of urea groups is 1. The van der Waals surface area contributed by atoms with Gasteiger partial charge in [0.25, 0.3) is 0 Å². The van der Waals surface area contributed by atoms with Gasteiger partial charge in [-0.3, -0.25) is 0 Å². The van der Waals surface area contributed by atoms with Gasteiger partial charge < -0.3 is 24.5 Å². The highest BCUT2D eigenvalue weighted by atomic mass is 16.5. The van der Waals surface area contributed by atoms with Gasteiger partial charge >= 0.3 is 6.03 Å². The van der Waals surface area contributed by atoms with Crippen molar-refractivity contribution in [2.75, 3.05) is 20.3 Å². The van der Waals surface area contributed by atoms with Crippen molar-refractivity contribution in [1.29, 1.82) is 0 Å². The van der Waals surface area contributed by atoms with Crippen LogP contribution in [0.2, 0.25) is 0 Å². The van der Waals surface area contributed by atoms with Crippen LogP contribution in [-0.4, -0.2) is 42.3 Å². The maximum atomic E-state index is 12.5. The van der Waals surface area contributed by atoms with Crippen molar-refractivity contribution >= 4 is 17.0 Å². The Kier molecular flexibility index (Phi) is 4.66. The third-order valence-corrected chi connectivity index (χ3v) is 4.50. The molecule has 3 rings (SSSR count). The normalized spacial score (nSPS) is 15.3. The Balaban J connectivity index is 1.79. The van der Waals surface area contributed by atoms with Gasteiger partial charge in [-0.1, -0.05) is 0 Å². The van der Waals surface area contributed by atoms with Gasteiger partial charge in [0, 0.05) is 23.5 Å². The summed E-state index contributed by atoms with van der Waals surface area (Å²) in [6.07, 6.45) is 2.01. The third-order valence-electron chi connectivity index (χ3n) is 4.50. The minimum atomic E-state index is -0.254. The predicted molar refractivity (Wildman–Crippen MR) is 91.3 cm³/mol. The number of carbonyl (C=O) groups is 1. The molecule has 1 heterocycles. The molecule has 1 unspecified atom stereocenters. The number of amides is 2. The van der Waals surface area contributed by atoms with E-state index in [1.807, 2.05) is 32.0 Å². The molecule has 0 radical (unpaired) electrons. The number of carbonyl (C=O) groups excluding carboxylic acids is 1. The molecule has 0 saturated heterocycles. The van der Waals surface area contributed by atoms with Gasteiger partial charge in [-0.15, -0.1) is 0 Å². The molecule has 1 aliphatic rings. The molecule has 0 aliphatic heterocycles. The second kappa shape index (κ2) is 6.73. The van der Waals surface area contributed by atoms with E-state index in [0.29, 0.717) is 6.54 Å². The minimum Gasteiger partial charge on any atom is -0.497 e. The second-order valence-electron chi connectivity index (χ2n) is 6.27. The Hall–Kier alpha value is -2.21. The first-order valence-electron chi connectivity index (χ1n) is 8.30. The van der Waals surface area contributed by atoms with E-state index in [2.05, 4.69) is 5.32 Å². The topological polar surface area (TPSA) is 74.9 Å². The summed E-state index contributed by atoms with van der Waals surface area (Å²) in [7, 11) is 1.63. The molecule has 1 aromatic heterocycles. The first kappa shape index (κ1) is 16.6. The fraction of sp³-hybridized carbons (Fsp3) is 0.500. The average molecular weight is 332 g/mol. The molecule has 0 bridgehead atoms. The summed E-state index contributed by atoms with van der Waals surface area (Å²) in [6.45, 7) is 4.22. The molecule has 24 heavy (non-hydrogen) atoms. The van der Waals surface area contributed by atoms with E-state index in [9.17, 15) is 4.79 Å². The maximum Gasteiger partial charge on any atom is 0.318 e. The summed E-state index contributed by atoms with van der Waals surface area (Å²) in [6, 6.07) is 5.52. The first-order chi connectivity index (χ1) is 11.5. The summed E-state index contributed by atoms with van der Waals surface area (Å²) < 4.78 is 11.2. The largest absolute Gasteiger partial charge is 0.497 e. The lowest BCUT2D eigenvalue weighted by molar-refractivity contribution is 0.170. The molecule has 1 aliphatic carbocycles. The van der Waals surface area contributed by atoms with E-state index < -0.39 is 0 Å². The number of rotatable bonds is 6. The molecule has 2 aromatic rings. The van der Waals surface area contributed by atoms with E-state index in [1.54, 1.807) is 12.0 Å². The van der Waals surface area contributed by atoms with Gasteiger partial charge in [0.2, 0.25) is 0 Å². The van der Waals surface area contributed by atoms with Gasteiger partial charge in [0.15, 0.2) is 0 Å². The van der Waals surface area contributed by atoms with Crippen molar-refractivity contribution in [2.45, 2.75) is 38.8 Å². The number of ether oxygens (including phenoxy) is 1. The van der Waals surface area contributed by atoms with Gasteiger partial charge in [-0.2, -0.15) is 0 Å². The lowest BCUT2D eigenvalue weighted by atomic mass is 10.1. The summed E-state index contributed by atoms with van der Waals surface area (Å²) >= 11 is 0. The number of aliphatic hydroxyl groups is 1. The standard InChI is InChI=1S/C18H24N2O4/c1-11-15-10-14(23-3)6-7-16(15)24-17(11)12(2)19-18(22)20(8-9-21)13-4-5-13/h6-7,10,12-13,21H,4-5,8-9H2,1-3H3,(H,19,22). The zero-order chi connectivity index (χ0) is 17.3. The van der Waals surface area contributed by atoms with Gasteiger partial charge in [0.05, 0.1) is 19.8 Å². The van der Waals surface area contributed by atoms with Crippen LogP contribution in [0.4, 0.5) is 4.79 Å². The van der Waals surface area contributed by atoms with Crippen molar-refractivity contribution in [3.8, 4) is 5.75 Å². The fourth-order valence-corrected chi connectivity index (χ4v) is 3.04. The Labute approximate surface area is 141 Å². The van der Waals surface area contributed by atoms with Crippen LogP contribution in [0.5, 0.6) is 5.75 Å². The van der Waals surface area contributed by atoms with E-state index in [1.165, 1.54) is 0 Å². The molecule has 1 atom stereocenters. The number of furan rings is 1. The molecule has 2 amide bonds. The lowest BCUT2D eigenvalue weighted by Crippen LogP contribution is -2.43. The highest BCUT2D eigenvalue weighted by Crippen LogP contribution is 2.32. The minimum absolute atomic E-state index is 0.0260. The molecular formula is C18H24N2O4. The summed E-state index contributed by atoms with van der Waals surface area (Å²) in [5.74, 6) is 1.52. The number of hydrogen-bond acceptors (Lipinski definition) is 4. The van der Waals surface area contributed by atoms with E-state index in [4.69, 9.17) is 14.3 Å². The highest BCUT2D eigenvalue weighted by molar-refractivity contribution is 5.84. The van der Waals surface area contributed by atoms with E-state index in [0.717, 1.165) is 40.9 Å². The number of nitrogens with zero attached hydrogens (tertiary/aromatic N) is 1. The lowest BCUT2D eigenvalue weighted by Gasteiger charge is -2.24. The van der Waals surface area contributed by atoms with E-state index in [-0.39, 0.29) is 24.7 Å². The summed E-state index contributed by atoms with van der Waals surface area (Å²) in [5.41, 5.74) is 1.77. The molecular weight excluding hydrogens is 308 g/mol. The van der Waals surface area contributed by atoms with Crippen LogP contribution >= 0.6 is 0 Å². The maximum absolute atomic E-state index is 12.5. The molecule has 6 nitrogen and oxygen atoms in total. The Bertz CT molecular complexity index is 736. The molecule has 2 N–H and O–H groups in total. The van der Waals surface area contributed by atoms with Crippen molar-refractivity contribution in [3.63, 3.8) is 0 Å². The van der Waals surface area contributed by atoms with Crippen molar-refractivity contribution < 1.29 is 19.1 Å². The van der Waals surface area contributed by atoms with Crippen LogP contribution < -0.4 is 10.1 Å². The predicted octanol–water partition coefficient (Wildman–Crippen LogP) is 2.98. The van der Waals surface area contributed by atoms with Crippen LogP contribution in [0.1, 0.15) is 37.1 Å². The molecule has 6 heteroatoms. The number of nitrogens with one attached hydrogen (secondary N) is 1. The monoisotopic (exact) mass is 332 g/mol. The molecule has 1 aromatic carbocycles. The zero-order valence-electron chi connectivity index (χ0n) is 14.3. The number of benzene rings is 1. The Morgan fingerprint density at radius 1 is 1.50 bits per heavy atom. The van der Waals surface area contributed by atoms with Crippen molar-refractivity contribution in [2.24, 2.45) is 0 Å². The first-order valence-corrected chi connectivity index (χ1v) is 8.30. The van der Waals surface area contributed by atoms with Crippen molar-refractivity contribution in [3.05, 3.63) is 29.5 Å². The summed E-state index contributed by atoms with van der Waals surface area (Å²) in [4.78, 5) is 14.2. The highest BCUT2D eigenvalue weighted by Gasteiger charge is 2.33. The van der Waals surface area contributed by atoms with Crippen LogP contribution in [-0.2, 0) is 0 Å². The van der Waals surface area contributed by atoms with Crippen LogP contribution in [0.3, 0.4) is 0 Å². The quantitative estimate of drug-likeness (QED) is 0.853. The zero-order valence-corrected chi connectivity index (χ0v) is 14.3. The number of hydrogen-bond donors (Lipinski definition) is 2. The SMILES string of the molecule is COc1ccc2oc(C(C)NC(=O)N(CCO)C3CC3)c(C)c2c1. The van der Waals surface area contributed by atoms with Gasteiger partial charge in [-0.05, 0) is 44.9 Å². The van der Waals surface area contributed by atoms with Gasteiger partial charge in [-0.25, -0.2) is 4.79 Å². The molecule has 0 spiro atoms. The number of fused-ring (bicyclic) bond motifs is 1. The average Bonchev–Trinajstić information content (AvgIpc) is 3.36. The fourth-order valence-electron chi connectivity index (χ4n) is 3.04. The smallest absolute Gasteiger partial charge is 0.318 e. The van der Waals surface area contributed by atoms with Crippen LogP contribution in [0.15, 0.2) is 22.6 Å². The number of methoxy groups -OCH3 is 1. The molecule has 1 fully saturated rings. The summed E-state index contributed by atoms with van der Waals surface area (Å²) in [5, 5.41) is 13.1. The number of aliphatic hydroxyl groups excluding tert-OH is 1. The van der Waals surface area contributed by atoms with Crippen LogP contribution in [0.25, 0.3) is 11.0 Å². The number of aryl methyl sites for hydroxylation is 1. The molecule has 1 saturated carbocycles.